The second-order valence-corrected chi connectivity index (χ2v) is 8.82. The van der Waals surface area contributed by atoms with Gasteiger partial charge < -0.3 is 20.3 Å². The molecule has 1 aromatic rings. The van der Waals surface area contributed by atoms with Crippen LogP contribution in [0.3, 0.4) is 0 Å². The Bertz CT molecular complexity index is 783. The number of rotatable bonds is 3. The lowest BCUT2D eigenvalue weighted by Gasteiger charge is -2.40. The molecule has 0 aliphatic carbocycles. The maximum atomic E-state index is 12.6. The normalized spacial score (nSPS) is 23.2. The van der Waals surface area contributed by atoms with Crippen LogP contribution in [0.15, 0.2) is 29.3 Å². The highest BCUT2D eigenvalue weighted by molar-refractivity contribution is 14.0. The molecular formula is C22H32IN5O2. The average molecular weight is 525 g/mol. The van der Waals surface area contributed by atoms with E-state index in [1.54, 1.807) is 7.05 Å². The van der Waals surface area contributed by atoms with Crippen LogP contribution in [0.5, 0.6) is 0 Å². The third-order valence-corrected chi connectivity index (χ3v) is 5.44. The molecule has 0 spiro atoms. The molecule has 7 nitrogen and oxygen atoms in total. The smallest absolute Gasteiger partial charge is 0.410 e. The number of halogens is 1. The monoisotopic (exact) mass is 525 g/mol. The minimum absolute atomic E-state index is 0. The van der Waals surface area contributed by atoms with Crippen molar-refractivity contribution in [2.45, 2.75) is 76.7 Å². The van der Waals surface area contributed by atoms with E-state index in [-0.39, 0.29) is 48.2 Å². The highest BCUT2D eigenvalue weighted by atomic mass is 127. The van der Waals surface area contributed by atoms with Crippen molar-refractivity contribution in [2.24, 2.45) is 4.99 Å². The van der Waals surface area contributed by atoms with Crippen molar-refractivity contribution in [3.63, 3.8) is 0 Å². The first-order valence-corrected chi connectivity index (χ1v) is 10.3. The van der Waals surface area contributed by atoms with E-state index in [0.717, 1.165) is 37.2 Å². The first-order chi connectivity index (χ1) is 13.8. The van der Waals surface area contributed by atoms with Gasteiger partial charge in [-0.2, -0.15) is 5.26 Å². The fraction of sp³-hybridized carbons (Fsp3) is 0.591. The first-order valence-electron chi connectivity index (χ1n) is 10.3. The molecule has 2 fully saturated rings. The van der Waals surface area contributed by atoms with E-state index in [0.29, 0.717) is 12.1 Å². The van der Waals surface area contributed by atoms with E-state index in [1.165, 1.54) is 0 Å². The largest absolute Gasteiger partial charge is 0.444 e. The number of ether oxygens (including phenoxy) is 1. The third kappa shape index (κ3) is 6.24. The van der Waals surface area contributed by atoms with Gasteiger partial charge in [0.25, 0.3) is 0 Å². The Kier molecular flexibility index (Phi) is 8.35. The van der Waals surface area contributed by atoms with Crippen molar-refractivity contribution in [2.75, 3.05) is 7.05 Å². The van der Waals surface area contributed by atoms with Gasteiger partial charge in [0.15, 0.2) is 5.96 Å². The number of piperidine rings is 1. The molecule has 2 bridgehead atoms. The SMILES string of the molecule is CN=C(NCc1ccc(C#N)cc1)NC1CC2CCC(C1)N2C(=O)OC(C)(C)C.I. The average Bonchev–Trinajstić information content (AvgIpc) is 2.95. The summed E-state index contributed by atoms with van der Waals surface area (Å²) in [4.78, 5) is 18.9. The highest BCUT2D eigenvalue weighted by Gasteiger charge is 2.45. The van der Waals surface area contributed by atoms with E-state index in [4.69, 9.17) is 10.00 Å². The Morgan fingerprint density at radius 3 is 2.33 bits per heavy atom. The van der Waals surface area contributed by atoms with E-state index in [2.05, 4.69) is 21.7 Å². The number of hydrogen-bond acceptors (Lipinski definition) is 4. The Morgan fingerprint density at radius 1 is 1.23 bits per heavy atom. The van der Waals surface area contributed by atoms with Crippen LogP contribution < -0.4 is 10.6 Å². The molecule has 2 unspecified atom stereocenters. The number of aliphatic imine (C=N–C) groups is 1. The summed E-state index contributed by atoms with van der Waals surface area (Å²) in [6, 6.07) is 10.4. The Labute approximate surface area is 196 Å². The lowest BCUT2D eigenvalue weighted by Crippen LogP contribution is -2.54. The molecule has 8 heteroatoms. The Morgan fingerprint density at radius 2 is 1.83 bits per heavy atom. The minimum Gasteiger partial charge on any atom is -0.444 e. The van der Waals surface area contributed by atoms with Gasteiger partial charge in [-0.25, -0.2) is 4.79 Å². The third-order valence-electron chi connectivity index (χ3n) is 5.44. The van der Waals surface area contributed by atoms with Crippen LogP contribution >= 0.6 is 24.0 Å². The number of amides is 1. The second-order valence-electron chi connectivity index (χ2n) is 8.82. The molecule has 2 heterocycles. The van der Waals surface area contributed by atoms with Gasteiger partial charge in [0.1, 0.15) is 5.60 Å². The molecule has 0 radical (unpaired) electrons. The van der Waals surface area contributed by atoms with Gasteiger partial charge in [0.05, 0.1) is 11.6 Å². The second kappa shape index (κ2) is 10.3. The zero-order chi connectivity index (χ0) is 21.0. The zero-order valence-corrected chi connectivity index (χ0v) is 20.5. The zero-order valence-electron chi connectivity index (χ0n) is 18.1. The number of carbonyl (C=O) groups excluding carboxylic acids is 1. The van der Waals surface area contributed by atoms with Crippen LogP contribution in [0.2, 0.25) is 0 Å². The Balaban J connectivity index is 0.00000320. The van der Waals surface area contributed by atoms with Gasteiger partial charge in [-0.05, 0) is 64.2 Å². The van der Waals surface area contributed by atoms with Crippen LogP contribution in [-0.2, 0) is 11.3 Å². The van der Waals surface area contributed by atoms with Gasteiger partial charge in [-0.3, -0.25) is 4.99 Å². The Hall–Kier alpha value is -2.02. The predicted octanol–water partition coefficient (Wildman–Crippen LogP) is 3.77. The van der Waals surface area contributed by atoms with Gasteiger partial charge in [-0.15, -0.1) is 24.0 Å². The van der Waals surface area contributed by atoms with E-state index in [1.807, 2.05) is 49.9 Å². The lowest BCUT2D eigenvalue weighted by molar-refractivity contribution is 0.00545. The van der Waals surface area contributed by atoms with Gasteiger partial charge in [-0.1, -0.05) is 12.1 Å². The molecule has 1 aromatic carbocycles. The molecule has 30 heavy (non-hydrogen) atoms. The van der Waals surface area contributed by atoms with Crippen LogP contribution in [0.4, 0.5) is 4.79 Å². The minimum atomic E-state index is -0.469. The summed E-state index contributed by atoms with van der Waals surface area (Å²) in [5.41, 5.74) is 1.28. The van der Waals surface area contributed by atoms with Crippen molar-refractivity contribution < 1.29 is 9.53 Å². The summed E-state index contributed by atoms with van der Waals surface area (Å²) in [5, 5.41) is 15.7. The first kappa shape index (κ1) is 24.3. The number of hydrogen-bond donors (Lipinski definition) is 2. The molecule has 2 aliphatic heterocycles. The number of nitrogens with one attached hydrogen (secondary N) is 2. The van der Waals surface area contributed by atoms with Crippen LogP contribution in [0, 0.1) is 11.3 Å². The van der Waals surface area contributed by atoms with E-state index >= 15 is 0 Å². The van der Waals surface area contributed by atoms with Gasteiger partial charge >= 0.3 is 6.09 Å². The summed E-state index contributed by atoms with van der Waals surface area (Å²) >= 11 is 0. The molecule has 164 valence electrons. The highest BCUT2D eigenvalue weighted by Crippen LogP contribution is 2.36. The maximum absolute atomic E-state index is 12.6. The van der Waals surface area contributed by atoms with Crippen molar-refractivity contribution in [1.82, 2.24) is 15.5 Å². The summed E-state index contributed by atoms with van der Waals surface area (Å²) < 4.78 is 5.61. The topological polar surface area (TPSA) is 89.8 Å². The molecule has 0 aromatic heterocycles. The van der Waals surface area contributed by atoms with Gasteiger partial charge in [0, 0.05) is 31.7 Å². The molecule has 2 N–H and O–H groups in total. The van der Waals surface area contributed by atoms with Crippen LogP contribution in [0.1, 0.15) is 57.6 Å². The maximum Gasteiger partial charge on any atom is 0.410 e. The number of benzene rings is 1. The molecular weight excluding hydrogens is 493 g/mol. The summed E-state index contributed by atoms with van der Waals surface area (Å²) in [6.45, 7) is 6.36. The molecule has 0 saturated carbocycles. The number of fused-ring (bicyclic) bond motifs is 2. The van der Waals surface area contributed by atoms with Crippen LogP contribution in [0.25, 0.3) is 0 Å². The fourth-order valence-electron chi connectivity index (χ4n) is 4.18. The predicted molar refractivity (Wildman–Crippen MR) is 128 cm³/mol. The number of carbonyl (C=O) groups is 1. The van der Waals surface area contributed by atoms with Crippen molar-refractivity contribution in [3.05, 3.63) is 35.4 Å². The number of nitrogens with zero attached hydrogens (tertiary/aromatic N) is 3. The van der Waals surface area contributed by atoms with E-state index < -0.39 is 5.60 Å². The van der Waals surface area contributed by atoms with E-state index in [9.17, 15) is 4.79 Å². The summed E-state index contributed by atoms with van der Waals surface area (Å²) in [6.07, 6.45) is 3.66. The number of nitriles is 1. The molecule has 2 saturated heterocycles. The van der Waals surface area contributed by atoms with Crippen molar-refractivity contribution >= 4 is 36.0 Å². The quantitative estimate of drug-likeness (QED) is 0.356. The lowest BCUT2D eigenvalue weighted by atomic mass is 9.98. The van der Waals surface area contributed by atoms with Crippen LogP contribution in [-0.4, -0.2) is 47.7 Å². The van der Waals surface area contributed by atoms with Crippen molar-refractivity contribution in [1.29, 1.82) is 5.26 Å². The standard InChI is InChI=1S/C22H31N5O2.HI/c1-22(2,3)29-21(28)27-18-9-10-19(27)12-17(11-18)26-20(24-4)25-14-16-7-5-15(13-23)6-8-16;/h5-8,17-19H,9-12,14H2,1-4H3,(H2,24,25,26);1H. The van der Waals surface area contributed by atoms with Crippen molar-refractivity contribution in [3.8, 4) is 6.07 Å². The van der Waals surface area contributed by atoms with Gasteiger partial charge in [0.2, 0.25) is 0 Å². The summed E-state index contributed by atoms with van der Waals surface area (Å²) in [7, 11) is 1.76. The fourth-order valence-corrected chi connectivity index (χ4v) is 4.18. The molecule has 2 atom stereocenters. The number of guanidine groups is 1. The molecule has 2 aliphatic rings. The molecule has 1 amide bonds. The summed E-state index contributed by atoms with van der Waals surface area (Å²) in [5.74, 6) is 0.754. The molecule has 3 rings (SSSR count).